The van der Waals surface area contributed by atoms with Crippen LogP contribution in [-0.4, -0.2) is 56.9 Å². The molecule has 5 nitrogen and oxygen atoms in total. The predicted octanol–water partition coefficient (Wildman–Crippen LogP) is 3.57. The van der Waals surface area contributed by atoms with Gasteiger partial charge in [-0.05, 0) is 59.8 Å². The number of nitrogens with one attached hydrogen (secondary N) is 1. The zero-order valence-corrected chi connectivity index (χ0v) is 17.2. The van der Waals surface area contributed by atoms with E-state index in [1.165, 1.54) is 6.07 Å². The van der Waals surface area contributed by atoms with Crippen LogP contribution in [0.4, 0.5) is 4.39 Å². The van der Waals surface area contributed by atoms with E-state index in [9.17, 15) is 4.39 Å². The predicted molar refractivity (Wildman–Crippen MR) is 106 cm³/mol. The molecule has 0 saturated carbocycles. The fourth-order valence-electron chi connectivity index (χ4n) is 2.92. The van der Waals surface area contributed by atoms with E-state index in [4.69, 9.17) is 9.47 Å². The first kappa shape index (κ1) is 21.1. The number of rotatable bonds is 8. The third kappa shape index (κ3) is 6.85. The number of likely N-dealkylation sites (tertiary alicyclic amines) is 1. The van der Waals surface area contributed by atoms with Crippen molar-refractivity contribution in [2.45, 2.75) is 38.8 Å². The molecule has 7 heteroatoms. The van der Waals surface area contributed by atoms with Crippen LogP contribution in [0.25, 0.3) is 0 Å². The normalized spacial score (nSPS) is 16.2. The van der Waals surface area contributed by atoms with E-state index in [0.29, 0.717) is 17.1 Å². The molecule has 146 valence electrons. The molecule has 0 amide bonds. The van der Waals surface area contributed by atoms with Gasteiger partial charge in [0, 0.05) is 40.0 Å². The Morgan fingerprint density at radius 2 is 2.12 bits per heavy atom. The molecule has 0 spiro atoms. The third-order valence-corrected chi connectivity index (χ3v) is 4.96. The molecule has 1 aromatic carbocycles. The van der Waals surface area contributed by atoms with Crippen molar-refractivity contribution in [1.29, 1.82) is 0 Å². The minimum atomic E-state index is -0.255. The Morgan fingerprint density at radius 1 is 1.35 bits per heavy atom. The third-order valence-electron chi connectivity index (χ3n) is 4.32. The summed E-state index contributed by atoms with van der Waals surface area (Å²) in [6.45, 7) is 6.64. The number of aliphatic imine (C=N–C) groups is 1. The van der Waals surface area contributed by atoms with E-state index < -0.39 is 0 Å². The quantitative estimate of drug-likeness (QED) is 0.389. The van der Waals surface area contributed by atoms with Gasteiger partial charge in [0.25, 0.3) is 0 Å². The number of piperidine rings is 1. The van der Waals surface area contributed by atoms with Gasteiger partial charge in [-0.1, -0.05) is 6.07 Å². The fraction of sp³-hybridized carbons (Fsp3) is 0.632. The minimum Gasteiger partial charge on any atom is -0.385 e. The van der Waals surface area contributed by atoms with Crippen molar-refractivity contribution in [2.24, 2.45) is 4.99 Å². The second-order valence-corrected chi connectivity index (χ2v) is 7.18. The number of nitrogens with zero attached hydrogens (tertiary/aromatic N) is 2. The second kappa shape index (κ2) is 11.5. The highest BCUT2D eigenvalue weighted by molar-refractivity contribution is 9.10. The highest BCUT2D eigenvalue weighted by Crippen LogP contribution is 2.18. The molecule has 1 saturated heterocycles. The first-order chi connectivity index (χ1) is 12.6. The van der Waals surface area contributed by atoms with Crippen LogP contribution in [0.1, 0.15) is 31.7 Å². The second-order valence-electron chi connectivity index (χ2n) is 6.32. The van der Waals surface area contributed by atoms with Gasteiger partial charge in [0.15, 0.2) is 5.96 Å². The van der Waals surface area contributed by atoms with E-state index in [2.05, 4.69) is 38.1 Å². The standard InChI is InChI=1S/C19H29BrFN3O2/c1-3-22-19(23-14-15-5-6-17(20)18(21)13-15)24-9-7-16(8-10-24)26-12-4-11-25-2/h5-6,13,16H,3-4,7-12,14H2,1-2H3,(H,22,23). The summed E-state index contributed by atoms with van der Waals surface area (Å²) in [5, 5.41) is 3.34. The maximum atomic E-state index is 13.7. The number of halogens is 2. The average Bonchev–Trinajstić information content (AvgIpc) is 2.65. The Labute approximate surface area is 164 Å². The first-order valence-corrected chi connectivity index (χ1v) is 10.0. The summed E-state index contributed by atoms with van der Waals surface area (Å²) in [6, 6.07) is 5.14. The van der Waals surface area contributed by atoms with Gasteiger partial charge in [-0.25, -0.2) is 9.38 Å². The van der Waals surface area contributed by atoms with Crippen LogP contribution in [0.5, 0.6) is 0 Å². The highest BCUT2D eigenvalue weighted by Gasteiger charge is 2.21. The molecule has 0 atom stereocenters. The smallest absolute Gasteiger partial charge is 0.194 e. The Hall–Kier alpha value is -1.18. The lowest BCUT2D eigenvalue weighted by atomic mass is 10.1. The zero-order valence-electron chi connectivity index (χ0n) is 15.6. The van der Waals surface area contributed by atoms with Crippen molar-refractivity contribution in [1.82, 2.24) is 10.2 Å². The highest BCUT2D eigenvalue weighted by atomic mass is 79.9. The van der Waals surface area contributed by atoms with Gasteiger partial charge >= 0.3 is 0 Å². The van der Waals surface area contributed by atoms with Gasteiger partial charge in [-0.3, -0.25) is 0 Å². The SMILES string of the molecule is CCNC(=NCc1ccc(Br)c(F)c1)N1CCC(OCCCOC)CC1. The van der Waals surface area contributed by atoms with E-state index in [1.807, 2.05) is 6.07 Å². The van der Waals surface area contributed by atoms with Crippen LogP contribution >= 0.6 is 15.9 Å². The lowest BCUT2D eigenvalue weighted by Gasteiger charge is -2.34. The molecule has 0 unspecified atom stereocenters. The fourth-order valence-corrected chi connectivity index (χ4v) is 3.16. The van der Waals surface area contributed by atoms with Gasteiger partial charge < -0.3 is 19.7 Å². The van der Waals surface area contributed by atoms with Gasteiger partial charge in [0.05, 0.1) is 17.1 Å². The van der Waals surface area contributed by atoms with E-state index in [-0.39, 0.29) is 5.82 Å². The summed E-state index contributed by atoms with van der Waals surface area (Å²) >= 11 is 3.18. The van der Waals surface area contributed by atoms with Crippen molar-refractivity contribution in [3.05, 3.63) is 34.1 Å². The van der Waals surface area contributed by atoms with Crippen molar-refractivity contribution in [3.63, 3.8) is 0 Å². The lowest BCUT2D eigenvalue weighted by molar-refractivity contribution is 0.00990. The summed E-state index contributed by atoms with van der Waals surface area (Å²) in [5.74, 6) is 0.628. The minimum absolute atomic E-state index is 0.255. The summed E-state index contributed by atoms with van der Waals surface area (Å²) in [4.78, 5) is 6.94. The number of hydrogen-bond acceptors (Lipinski definition) is 3. The topological polar surface area (TPSA) is 46.1 Å². The maximum Gasteiger partial charge on any atom is 0.194 e. The first-order valence-electron chi connectivity index (χ1n) is 9.21. The molecule has 0 bridgehead atoms. The van der Waals surface area contributed by atoms with Crippen LogP contribution in [0.2, 0.25) is 0 Å². The number of methoxy groups -OCH3 is 1. The Kier molecular flexibility index (Phi) is 9.36. The Bertz CT molecular complexity index is 578. The summed E-state index contributed by atoms with van der Waals surface area (Å²) in [6.07, 6.45) is 3.23. The van der Waals surface area contributed by atoms with Crippen LogP contribution in [0.15, 0.2) is 27.7 Å². The summed E-state index contributed by atoms with van der Waals surface area (Å²) in [7, 11) is 1.71. The van der Waals surface area contributed by atoms with Gasteiger partial charge in [0.2, 0.25) is 0 Å². The molecule has 0 aliphatic carbocycles. The van der Waals surface area contributed by atoms with Gasteiger partial charge in [-0.15, -0.1) is 0 Å². The molecule has 1 heterocycles. The number of benzene rings is 1. The Morgan fingerprint density at radius 3 is 2.77 bits per heavy atom. The van der Waals surface area contributed by atoms with Crippen molar-refractivity contribution >= 4 is 21.9 Å². The summed E-state index contributed by atoms with van der Waals surface area (Å²) in [5.41, 5.74) is 0.859. The molecule has 26 heavy (non-hydrogen) atoms. The molecular formula is C19H29BrFN3O2. The Balaban J connectivity index is 1.86. The van der Waals surface area contributed by atoms with Crippen molar-refractivity contribution < 1.29 is 13.9 Å². The van der Waals surface area contributed by atoms with Crippen LogP contribution < -0.4 is 5.32 Å². The molecule has 1 aromatic rings. The van der Waals surface area contributed by atoms with Crippen LogP contribution in [0.3, 0.4) is 0 Å². The molecular weight excluding hydrogens is 401 g/mol. The monoisotopic (exact) mass is 429 g/mol. The van der Waals surface area contributed by atoms with E-state index in [0.717, 1.165) is 63.6 Å². The average molecular weight is 430 g/mol. The lowest BCUT2D eigenvalue weighted by Crippen LogP contribution is -2.47. The zero-order chi connectivity index (χ0) is 18.8. The van der Waals surface area contributed by atoms with Gasteiger partial charge in [0.1, 0.15) is 5.82 Å². The maximum absolute atomic E-state index is 13.7. The van der Waals surface area contributed by atoms with Crippen LogP contribution in [0, 0.1) is 5.82 Å². The number of guanidine groups is 1. The summed E-state index contributed by atoms with van der Waals surface area (Å²) < 4.78 is 25.1. The van der Waals surface area contributed by atoms with E-state index in [1.54, 1.807) is 13.2 Å². The van der Waals surface area contributed by atoms with Gasteiger partial charge in [-0.2, -0.15) is 0 Å². The molecule has 1 fully saturated rings. The van der Waals surface area contributed by atoms with E-state index >= 15 is 0 Å². The molecule has 0 radical (unpaired) electrons. The van der Waals surface area contributed by atoms with Crippen molar-refractivity contribution in [3.8, 4) is 0 Å². The largest absolute Gasteiger partial charge is 0.385 e. The molecule has 2 rings (SSSR count). The number of hydrogen-bond donors (Lipinski definition) is 1. The molecule has 1 aliphatic rings. The molecule has 1 aliphatic heterocycles. The van der Waals surface area contributed by atoms with Crippen LogP contribution in [-0.2, 0) is 16.0 Å². The van der Waals surface area contributed by atoms with Crippen molar-refractivity contribution in [2.75, 3.05) is 40.0 Å². The molecule has 0 aromatic heterocycles. The molecule has 1 N–H and O–H groups in total. The number of ether oxygens (including phenoxy) is 2.